The summed E-state index contributed by atoms with van der Waals surface area (Å²) < 4.78 is 7.37. The number of nitrogens with zero attached hydrogens (tertiary/aromatic N) is 2. The molecule has 1 unspecified atom stereocenters. The van der Waals surface area contributed by atoms with Crippen LogP contribution in [0, 0.1) is 0 Å². The minimum absolute atomic E-state index is 0.0370. The molecular weight excluding hydrogens is 352 g/mol. The third-order valence-corrected chi connectivity index (χ3v) is 5.14. The van der Waals surface area contributed by atoms with E-state index in [0.29, 0.717) is 11.6 Å². The highest BCUT2D eigenvalue weighted by Crippen LogP contribution is 2.36. The van der Waals surface area contributed by atoms with Gasteiger partial charge in [0.1, 0.15) is 0 Å². The van der Waals surface area contributed by atoms with Gasteiger partial charge in [-0.05, 0) is 38.5 Å². The van der Waals surface area contributed by atoms with Crippen molar-refractivity contribution in [1.29, 1.82) is 0 Å². The van der Waals surface area contributed by atoms with Crippen molar-refractivity contribution in [3.05, 3.63) is 53.6 Å². The number of thioether (sulfide) groups is 1. The van der Waals surface area contributed by atoms with E-state index in [-0.39, 0.29) is 15.3 Å². The van der Waals surface area contributed by atoms with E-state index in [0.717, 1.165) is 17.6 Å². The number of carbonyl (C=O) groups excluding carboxylic acids is 1. The Morgan fingerprint density at radius 2 is 2.04 bits per heavy atom. The molecule has 0 saturated carbocycles. The summed E-state index contributed by atoms with van der Waals surface area (Å²) >= 11 is 8.10. The van der Waals surface area contributed by atoms with Gasteiger partial charge in [0.25, 0.3) is 4.45 Å². The van der Waals surface area contributed by atoms with Crippen molar-refractivity contribution in [2.24, 2.45) is 0 Å². The van der Waals surface area contributed by atoms with Crippen molar-refractivity contribution in [3.8, 4) is 0 Å². The number of hydrogen-bond acceptors (Lipinski definition) is 5. The normalized spacial score (nSPS) is 13.0. The first-order valence-corrected chi connectivity index (χ1v) is 9.11. The van der Waals surface area contributed by atoms with Gasteiger partial charge in [-0.25, -0.2) is 4.98 Å². The molecule has 0 fully saturated rings. The minimum Gasteiger partial charge on any atom is -0.336 e. The fraction of sp³-hybridized carbons (Fsp3) is 0.375. The number of imidazole rings is 1. The average molecular weight is 371 g/mol. The molecule has 0 bridgehead atoms. The molecule has 1 heterocycles. The summed E-state index contributed by atoms with van der Waals surface area (Å²) in [6.07, 6.45) is 5.35. The molecule has 0 aliphatic heterocycles. The summed E-state index contributed by atoms with van der Waals surface area (Å²) in [7, 11) is 0. The zero-order valence-electron chi connectivity index (χ0n) is 13.2. The molecule has 0 aliphatic rings. The van der Waals surface area contributed by atoms with Gasteiger partial charge < -0.3 is 8.75 Å². The molecule has 1 aromatic heterocycles. The summed E-state index contributed by atoms with van der Waals surface area (Å²) in [5.74, 6) is 0. The lowest BCUT2D eigenvalue weighted by Crippen LogP contribution is -2.15. The third-order valence-electron chi connectivity index (χ3n) is 2.78. The molecule has 4 nitrogen and oxygen atoms in total. The van der Waals surface area contributed by atoms with Crippen LogP contribution >= 0.6 is 35.4 Å². The second-order valence-electron chi connectivity index (χ2n) is 5.95. The van der Waals surface area contributed by atoms with Crippen LogP contribution in [0.25, 0.3) is 0 Å². The lowest BCUT2D eigenvalue weighted by molar-refractivity contribution is 0.165. The fourth-order valence-corrected chi connectivity index (χ4v) is 3.59. The van der Waals surface area contributed by atoms with Gasteiger partial charge in [0.2, 0.25) is 0 Å². The molecule has 23 heavy (non-hydrogen) atoms. The maximum absolute atomic E-state index is 12.2. The first-order valence-electron chi connectivity index (χ1n) is 7.11. The van der Waals surface area contributed by atoms with E-state index in [9.17, 15) is 4.79 Å². The van der Waals surface area contributed by atoms with Crippen molar-refractivity contribution in [2.75, 3.05) is 0 Å². The smallest absolute Gasteiger partial charge is 0.273 e. The summed E-state index contributed by atoms with van der Waals surface area (Å²) in [4.78, 5) is 16.3. The van der Waals surface area contributed by atoms with Crippen molar-refractivity contribution in [2.45, 2.75) is 38.2 Å². The van der Waals surface area contributed by atoms with E-state index in [1.54, 1.807) is 12.5 Å². The van der Waals surface area contributed by atoms with Crippen LogP contribution in [-0.2, 0) is 10.7 Å². The van der Waals surface area contributed by atoms with Gasteiger partial charge in [-0.1, -0.05) is 35.5 Å². The highest BCUT2D eigenvalue weighted by Gasteiger charge is 2.21. The number of halogens is 1. The van der Waals surface area contributed by atoms with Gasteiger partial charge in [0, 0.05) is 24.0 Å². The molecular formula is C16H19ClN2O2S2. The Morgan fingerprint density at radius 1 is 1.35 bits per heavy atom. The third kappa shape index (κ3) is 6.59. The van der Waals surface area contributed by atoms with E-state index in [4.69, 9.17) is 15.8 Å². The Kier molecular flexibility index (Phi) is 6.59. The Hall–Kier alpha value is -0.950. The van der Waals surface area contributed by atoms with Crippen molar-refractivity contribution >= 4 is 39.9 Å². The molecule has 0 spiro atoms. The SMILES string of the molecule is CC(C)(C)OSC(=O)SC(Cn1ccnc1)c1ccc(Cl)cc1. The van der Waals surface area contributed by atoms with Crippen LogP contribution in [-0.4, -0.2) is 19.6 Å². The maximum atomic E-state index is 12.2. The molecule has 1 atom stereocenters. The van der Waals surface area contributed by atoms with Crippen molar-refractivity contribution < 1.29 is 8.98 Å². The Bertz CT molecular complexity index is 625. The Morgan fingerprint density at radius 3 is 2.61 bits per heavy atom. The summed E-state index contributed by atoms with van der Waals surface area (Å²) in [6.45, 7) is 6.40. The summed E-state index contributed by atoms with van der Waals surface area (Å²) in [6, 6.07) is 7.56. The van der Waals surface area contributed by atoms with Gasteiger partial charge in [-0.15, -0.1) is 0 Å². The van der Waals surface area contributed by atoms with Crippen LogP contribution in [0.4, 0.5) is 4.79 Å². The van der Waals surface area contributed by atoms with Gasteiger partial charge >= 0.3 is 0 Å². The van der Waals surface area contributed by atoms with Crippen molar-refractivity contribution in [3.63, 3.8) is 0 Å². The molecule has 0 radical (unpaired) electrons. The molecule has 0 saturated heterocycles. The van der Waals surface area contributed by atoms with Gasteiger partial charge in [-0.3, -0.25) is 4.79 Å². The zero-order valence-corrected chi connectivity index (χ0v) is 15.6. The van der Waals surface area contributed by atoms with Gasteiger partial charge in [0.05, 0.1) is 29.2 Å². The quantitative estimate of drug-likeness (QED) is 0.641. The maximum Gasteiger partial charge on any atom is 0.273 e. The van der Waals surface area contributed by atoms with Crippen LogP contribution < -0.4 is 0 Å². The van der Waals surface area contributed by atoms with Crippen LogP contribution in [0.1, 0.15) is 31.6 Å². The first-order chi connectivity index (χ1) is 10.8. The molecule has 2 rings (SSSR count). The largest absolute Gasteiger partial charge is 0.336 e. The van der Waals surface area contributed by atoms with E-state index in [1.807, 2.05) is 55.8 Å². The monoisotopic (exact) mass is 370 g/mol. The Labute approximate surface area is 150 Å². The van der Waals surface area contributed by atoms with E-state index in [1.165, 1.54) is 11.8 Å². The van der Waals surface area contributed by atoms with Crippen LogP contribution in [0.5, 0.6) is 0 Å². The van der Waals surface area contributed by atoms with Crippen LogP contribution in [0.3, 0.4) is 0 Å². The fourth-order valence-electron chi connectivity index (χ4n) is 1.77. The Balaban J connectivity index is 2.07. The lowest BCUT2D eigenvalue weighted by Gasteiger charge is -2.19. The standard InChI is InChI=1S/C16H19ClN2O2S2/c1-16(2,3)21-23-15(20)22-14(10-19-9-8-18-11-19)12-4-6-13(17)7-5-12/h4-9,11,14H,10H2,1-3H3. The second kappa shape index (κ2) is 8.24. The van der Waals surface area contributed by atoms with Crippen LogP contribution in [0.15, 0.2) is 43.0 Å². The van der Waals surface area contributed by atoms with E-state index in [2.05, 4.69) is 4.98 Å². The molecule has 1 aromatic carbocycles. The summed E-state index contributed by atoms with van der Waals surface area (Å²) in [5.41, 5.74) is 0.680. The first kappa shape index (κ1) is 18.4. The molecule has 0 N–H and O–H groups in total. The van der Waals surface area contributed by atoms with Crippen LogP contribution in [0.2, 0.25) is 5.02 Å². The molecule has 2 aromatic rings. The average Bonchev–Trinajstić information content (AvgIpc) is 2.98. The molecule has 7 heteroatoms. The topological polar surface area (TPSA) is 44.1 Å². The zero-order chi connectivity index (χ0) is 16.9. The predicted molar refractivity (Wildman–Crippen MR) is 97.8 cm³/mol. The molecule has 0 amide bonds. The number of hydrogen-bond donors (Lipinski definition) is 0. The molecule has 0 aliphatic carbocycles. The highest BCUT2D eigenvalue weighted by atomic mass is 35.5. The minimum atomic E-state index is -0.360. The number of rotatable bonds is 5. The summed E-state index contributed by atoms with van der Waals surface area (Å²) in [5, 5.41) is 0.641. The number of benzene rings is 1. The number of aromatic nitrogens is 2. The van der Waals surface area contributed by atoms with E-state index >= 15 is 0 Å². The second-order valence-corrected chi connectivity index (χ2v) is 8.52. The predicted octanol–water partition coefficient (Wildman–Crippen LogP) is 5.59. The van der Waals surface area contributed by atoms with Crippen molar-refractivity contribution in [1.82, 2.24) is 9.55 Å². The molecule has 124 valence electrons. The van der Waals surface area contributed by atoms with Gasteiger partial charge in [0.15, 0.2) is 0 Å². The van der Waals surface area contributed by atoms with Gasteiger partial charge in [-0.2, -0.15) is 0 Å². The highest BCUT2D eigenvalue weighted by molar-refractivity contribution is 8.36. The lowest BCUT2D eigenvalue weighted by atomic mass is 10.1. The van der Waals surface area contributed by atoms with E-state index < -0.39 is 0 Å². The number of carbonyl (C=O) groups is 1.